The Balaban J connectivity index is 1.66. The van der Waals surface area contributed by atoms with Crippen molar-refractivity contribution < 1.29 is 0 Å². The molecule has 0 aromatic rings. The molecule has 0 amide bonds. The smallest absolute Gasteiger partial charge is 0.0262 e. The molecule has 0 saturated heterocycles. The monoisotopic (exact) mass is 206 g/mol. The summed E-state index contributed by atoms with van der Waals surface area (Å²) in [6, 6.07) is 0. The fraction of sp³-hybridized carbons (Fsp3) is 0.867. The predicted molar refractivity (Wildman–Crippen MR) is 66.7 cm³/mol. The molecule has 5 unspecified atom stereocenters. The molecule has 15 heavy (non-hydrogen) atoms. The molecule has 0 N–H and O–H groups in total. The first-order valence-electron chi connectivity index (χ1n) is 6.71. The maximum Gasteiger partial charge on any atom is -0.0262 e. The Bertz CT molecular complexity index is 242. The Hall–Kier alpha value is -0.260. The van der Waals surface area contributed by atoms with Crippen LogP contribution in [0.3, 0.4) is 0 Å². The number of hydrogen-bond acceptors (Lipinski definition) is 0. The van der Waals surface area contributed by atoms with Gasteiger partial charge in [0.05, 0.1) is 0 Å². The topological polar surface area (TPSA) is 0 Å². The van der Waals surface area contributed by atoms with E-state index in [2.05, 4.69) is 33.4 Å². The van der Waals surface area contributed by atoms with Gasteiger partial charge in [0, 0.05) is 0 Å². The molecule has 0 aromatic heterocycles. The molecule has 0 bridgehead atoms. The number of allylic oxidation sites excluding steroid dienone is 1. The zero-order valence-corrected chi connectivity index (χ0v) is 10.6. The van der Waals surface area contributed by atoms with Crippen LogP contribution in [-0.2, 0) is 0 Å². The van der Waals surface area contributed by atoms with Crippen molar-refractivity contribution >= 4 is 0 Å². The lowest BCUT2D eigenvalue weighted by Gasteiger charge is -2.07. The average molecular weight is 206 g/mol. The highest BCUT2D eigenvalue weighted by Crippen LogP contribution is 2.61. The summed E-state index contributed by atoms with van der Waals surface area (Å²) in [6.45, 7) is 11.0. The first-order chi connectivity index (χ1) is 7.09. The van der Waals surface area contributed by atoms with Crippen molar-refractivity contribution in [1.82, 2.24) is 0 Å². The second kappa shape index (κ2) is 3.96. The first kappa shape index (κ1) is 11.2. The molecule has 2 saturated carbocycles. The molecule has 2 aliphatic carbocycles. The van der Waals surface area contributed by atoms with Gasteiger partial charge < -0.3 is 0 Å². The van der Waals surface area contributed by atoms with Gasteiger partial charge >= 0.3 is 0 Å². The van der Waals surface area contributed by atoms with Gasteiger partial charge in [-0.15, -0.1) is 6.58 Å². The van der Waals surface area contributed by atoms with Crippen LogP contribution in [-0.4, -0.2) is 0 Å². The van der Waals surface area contributed by atoms with E-state index < -0.39 is 0 Å². The van der Waals surface area contributed by atoms with E-state index >= 15 is 0 Å². The molecule has 0 aromatic carbocycles. The second-order valence-electron chi connectivity index (χ2n) is 6.35. The summed E-state index contributed by atoms with van der Waals surface area (Å²) in [6.07, 6.45) is 9.43. The Morgan fingerprint density at radius 3 is 2.73 bits per heavy atom. The molecule has 0 nitrogen and oxygen atoms in total. The van der Waals surface area contributed by atoms with Crippen molar-refractivity contribution in [3.05, 3.63) is 12.7 Å². The van der Waals surface area contributed by atoms with Crippen molar-refractivity contribution in [2.75, 3.05) is 0 Å². The molecule has 0 radical (unpaired) electrons. The number of hydrogen-bond donors (Lipinski definition) is 0. The fourth-order valence-electron chi connectivity index (χ4n) is 3.13. The SMILES string of the molecule is C=CC(C)CC1CC1CC1CC1(C)CC. The molecule has 5 atom stereocenters. The van der Waals surface area contributed by atoms with Crippen LogP contribution in [0.1, 0.15) is 52.9 Å². The summed E-state index contributed by atoms with van der Waals surface area (Å²) in [5.41, 5.74) is 0.733. The van der Waals surface area contributed by atoms with Crippen molar-refractivity contribution in [2.24, 2.45) is 29.1 Å². The van der Waals surface area contributed by atoms with Crippen LogP contribution in [0.15, 0.2) is 12.7 Å². The lowest BCUT2D eigenvalue weighted by molar-refractivity contribution is 0.436. The largest absolute Gasteiger partial charge is 0.103 e. The second-order valence-corrected chi connectivity index (χ2v) is 6.35. The summed E-state index contributed by atoms with van der Waals surface area (Å²) >= 11 is 0. The normalized spacial score (nSPS) is 44.9. The van der Waals surface area contributed by atoms with Crippen LogP contribution in [0, 0.1) is 29.1 Å². The molecule has 0 heterocycles. The van der Waals surface area contributed by atoms with Crippen molar-refractivity contribution in [3.63, 3.8) is 0 Å². The van der Waals surface area contributed by atoms with Crippen molar-refractivity contribution in [2.45, 2.75) is 52.9 Å². The molecule has 2 aliphatic rings. The lowest BCUT2D eigenvalue weighted by Crippen LogP contribution is -1.98. The molecule has 0 aliphatic heterocycles. The van der Waals surface area contributed by atoms with E-state index in [1.54, 1.807) is 0 Å². The van der Waals surface area contributed by atoms with Gasteiger partial charge in [0.1, 0.15) is 0 Å². The Kier molecular flexibility index (Phi) is 2.96. The zero-order valence-electron chi connectivity index (χ0n) is 10.6. The molecule has 0 spiro atoms. The van der Waals surface area contributed by atoms with Gasteiger partial charge in [-0.3, -0.25) is 0 Å². The maximum atomic E-state index is 3.88. The van der Waals surface area contributed by atoms with Gasteiger partial charge in [-0.05, 0) is 54.8 Å². The Morgan fingerprint density at radius 1 is 1.47 bits per heavy atom. The minimum Gasteiger partial charge on any atom is -0.103 e. The molecule has 0 heteroatoms. The van der Waals surface area contributed by atoms with E-state index in [4.69, 9.17) is 0 Å². The molecule has 2 fully saturated rings. The van der Waals surface area contributed by atoms with Crippen molar-refractivity contribution in [1.29, 1.82) is 0 Å². The average Bonchev–Trinajstić information content (AvgIpc) is 3.09. The van der Waals surface area contributed by atoms with E-state index in [1.165, 1.54) is 32.1 Å². The first-order valence-corrected chi connectivity index (χ1v) is 6.71. The van der Waals surface area contributed by atoms with Gasteiger partial charge in [-0.25, -0.2) is 0 Å². The highest BCUT2D eigenvalue weighted by atomic mass is 14.6. The molecular formula is C15H26. The summed E-state index contributed by atoms with van der Waals surface area (Å²) in [7, 11) is 0. The zero-order chi connectivity index (χ0) is 11.1. The van der Waals surface area contributed by atoms with E-state index in [1.807, 2.05) is 0 Å². The van der Waals surface area contributed by atoms with E-state index in [9.17, 15) is 0 Å². The van der Waals surface area contributed by atoms with Crippen LogP contribution in [0.2, 0.25) is 0 Å². The third-order valence-electron chi connectivity index (χ3n) is 5.08. The van der Waals surface area contributed by atoms with Crippen LogP contribution in [0.25, 0.3) is 0 Å². The van der Waals surface area contributed by atoms with Crippen LogP contribution >= 0.6 is 0 Å². The van der Waals surface area contributed by atoms with E-state index in [0.717, 1.165) is 29.1 Å². The van der Waals surface area contributed by atoms with Crippen LogP contribution < -0.4 is 0 Å². The van der Waals surface area contributed by atoms with Gasteiger partial charge in [0.2, 0.25) is 0 Å². The standard InChI is InChI=1S/C15H26/c1-5-11(3)7-12-8-13(12)9-14-10-15(14,4)6-2/h5,11-14H,1,6-10H2,2-4H3. The fourth-order valence-corrected chi connectivity index (χ4v) is 3.13. The quantitative estimate of drug-likeness (QED) is 0.554. The predicted octanol–water partition coefficient (Wildman–Crippen LogP) is 4.66. The molecule has 86 valence electrons. The summed E-state index contributed by atoms with van der Waals surface area (Å²) in [5.74, 6) is 3.92. The molecule has 2 rings (SSSR count). The third kappa shape index (κ3) is 2.46. The minimum absolute atomic E-state index is 0.733. The van der Waals surface area contributed by atoms with Gasteiger partial charge in [0.25, 0.3) is 0 Å². The van der Waals surface area contributed by atoms with E-state index in [-0.39, 0.29) is 0 Å². The summed E-state index contributed by atoms with van der Waals surface area (Å²) in [5, 5.41) is 0. The highest BCUT2D eigenvalue weighted by Gasteiger charge is 2.51. The third-order valence-corrected chi connectivity index (χ3v) is 5.08. The van der Waals surface area contributed by atoms with Gasteiger partial charge in [0.15, 0.2) is 0 Å². The van der Waals surface area contributed by atoms with Crippen LogP contribution in [0.5, 0.6) is 0 Å². The van der Waals surface area contributed by atoms with Crippen molar-refractivity contribution in [3.8, 4) is 0 Å². The lowest BCUT2D eigenvalue weighted by atomic mass is 9.98. The minimum atomic E-state index is 0.733. The maximum absolute atomic E-state index is 3.88. The van der Waals surface area contributed by atoms with Gasteiger partial charge in [-0.2, -0.15) is 0 Å². The Morgan fingerprint density at radius 2 is 2.20 bits per heavy atom. The highest BCUT2D eigenvalue weighted by molar-refractivity contribution is 5.02. The van der Waals surface area contributed by atoms with Gasteiger partial charge in [-0.1, -0.05) is 33.3 Å². The summed E-state index contributed by atoms with van der Waals surface area (Å²) in [4.78, 5) is 0. The Labute approximate surface area is 95.1 Å². The number of rotatable bonds is 6. The summed E-state index contributed by atoms with van der Waals surface area (Å²) < 4.78 is 0. The van der Waals surface area contributed by atoms with E-state index in [0.29, 0.717) is 0 Å². The molecular weight excluding hydrogens is 180 g/mol. The van der Waals surface area contributed by atoms with Crippen LogP contribution in [0.4, 0.5) is 0 Å².